The van der Waals surface area contributed by atoms with Gasteiger partial charge in [-0.25, -0.2) is 0 Å². The highest BCUT2D eigenvalue weighted by Crippen LogP contribution is 2.35. The maximum atomic E-state index is 12.6. The molecule has 0 aromatic heterocycles. The Morgan fingerprint density at radius 1 is 1.08 bits per heavy atom. The number of rotatable bonds is 11. The number of nitrogens with one attached hydrogen (secondary N) is 1. The van der Waals surface area contributed by atoms with Crippen molar-refractivity contribution in [3.8, 4) is 23.3 Å². The third-order valence-electron chi connectivity index (χ3n) is 5.18. The average molecular weight is 566 g/mol. The number of nitro groups is 1. The smallest absolute Gasteiger partial charge is 0.269 e. The first-order chi connectivity index (χ1) is 17.8. The van der Waals surface area contributed by atoms with E-state index in [1.807, 2.05) is 25.1 Å². The van der Waals surface area contributed by atoms with Crippen LogP contribution in [-0.2, 0) is 17.9 Å². The molecule has 0 aliphatic heterocycles. The van der Waals surface area contributed by atoms with Gasteiger partial charge in [0.25, 0.3) is 11.6 Å². The Bertz CT molecular complexity index is 1330. The van der Waals surface area contributed by atoms with Crippen LogP contribution in [0.1, 0.15) is 23.6 Å². The summed E-state index contributed by atoms with van der Waals surface area (Å²) in [6, 6.07) is 18.6. The van der Waals surface area contributed by atoms with E-state index >= 15 is 0 Å². The van der Waals surface area contributed by atoms with Crippen molar-refractivity contribution in [3.63, 3.8) is 0 Å². The number of non-ortho nitro benzene ring substituents is 1. The minimum atomic E-state index is -0.512. The Kier molecular flexibility index (Phi) is 9.63. The van der Waals surface area contributed by atoms with Gasteiger partial charge in [-0.15, -0.1) is 0 Å². The van der Waals surface area contributed by atoms with Gasteiger partial charge in [-0.05, 0) is 66.1 Å². The largest absolute Gasteiger partial charge is 0.497 e. The second-order valence-corrected chi connectivity index (χ2v) is 8.52. The van der Waals surface area contributed by atoms with Crippen LogP contribution in [0.2, 0.25) is 0 Å². The van der Waals surface area contributed by atoms with Gasteiger partial charge in [-0.3, -0.25) is 14.9 Å². The monoisotopic (exact) mass is 565 g/mol. The van der Waals surface area contributed by atoms with Crippen molar-refractivity contribution in [2.75, 3.05) is 13.7 Å². The number of ether oxygens (including phenoxy) is 3. The Balaban J connectivity index is 1.75. The maximum Gasteiger partial charge on any atom is 0.269 e. The molecule has 0 saturated heterocycles. The second-order valence-electron chi connectivity index (χ2n) is 7.67. The number of hydrogen-bond donors (Lipinski definition) is 1. The Morgan fingerprint density at radius 3 is 2.32 bits per heavy atom. The first-order valence-corrected chi connectivity index (χ1v) is 12.0. The Hall–Kier alpha value is -4.36. The zero-order valence-electron chi connectivity index (χ0n) is 20.2. The highest BCUT2D eigenvalue weighted by molar-refractivity contribution is 9.10. The fourth-order valence-corrected chi connectivity index (χ4v) is 3.68. The minimum absolute atomic E-state index is 0.000951. The van der Waals surface area contributed by atoms with Gasteiger partial charge in [0.1, 0.15) is 24.0 Å². The van der Waals surface area contributed by atoms with E-state index in [-0.39, 0.29) is 24.4 Å². The van der Waals surface area contributed by atoms with Crippen LogP contribution in [0.3, 0.4) is 0 Å². The van der Waals surface area contributed by atoms with Crippen LogP contribution >= 0.6 is 15.9 Å². The van der Waals surface area contributed by atoms with Crippen molar-refractivity contribution in [1.82, 2.24) is 5.32 Å². The lowest BCUT2D eigenvalue weighted by atomic mass is 10.1. The van der Waals surface area contributed by atoms with Crippen molar-refractivity contribution in [2.24, 2.45) is 0 Å². The van der Waals surface area contributed by atoms with Gasteiger partial charge in [0.05, 0.1) is 18.6 Å². The third kappa shape index (κ3) is 7.56. The average Bonchev–Trinajstić information content (AvgIpc) is 2.91. The number of amides is 1. The van der Waals surface area contributed by atoms with E-state index in [1.165, 1.54) is 18.2 Å². The molecule has 0 aliphatic rings. The number of nitrogens with zero attached hydrogens (tertiary/aromatic N) is 2. The lowest BCUT2D eigenvalue weighted by molar-refractivity contribution is -0.384. The molecule has 3 aromatic rings. The van der Waals surface area contributed by atoms with E-state index in [4.69, 9.17) is 14.2 Å². The predicted molar refractivity (Wildman–Crippen MR) is 141 cm³/mol. The van der Waals surface area contributed by atoms with Gasteiger partial charge in [-0.2, -0.15) is 5.26 Å². The van der Waals surface area contributed by atoms with E-state index in [2.05, 4.69) is 21.2 Å². The molecule has 0 unspecified atom stereocenters. The van der Waals surface area contributed by atoms with Gasteiger partial charge in [0, 0.05) is 23.2 Å². The quantitative estimate of drug-likeness (QED) is 0.139. The molecule has 37 heavy (non-hydrogen) atoms. The van der Waals surface area contributed by atoms with Crippen LogP contribution in [0.15, 0.2) is 70.7 Å². The standard InChI is InChI=1S/C27H24BrN3O6/c1-3-36-25-13-20(12-21(15-29)27(32)30-16-18-6-10-23(35-2)11-7-18)24(28)14-26(25)37-17-19-4-8-22(9-5-19)31(33)34/h4-14H,3,16-17H2,1-2H3,(H,30,32)/b21-12-. The highest BCUT2D eigenvalue weighted by atomic mass is 79.9. The summed E-state index contributed by atoms with van der Waals surface area (Å²) in [5.74, 6) is 1.06. The van der Waals surface area contributed by atoms with Crippen molar-refractivity contribution in [2.45, 2.75) is 20.1 Å². The lowest BCUT2D eigenvalue weighted by Crippen LogP contribution is -2.23. The Labute approximate surface area is 222 Å². The van der Waals surface area contributed by atoms with Gasteiger partial charge in [-0.1, -0.05) is 28.1 Å². The summed E-state index contributed by atoms with van der Waals surface area (Å²) < 4.78 is 17.3. The number of carbonyl (C=O) groups is 1. The van der Waals surface area contributed by atoms with Crippen LogP contribution in [-0.4, -0.2) is 24.5 Å². The molecule has 0 aliphatic carbocycles. The van der Waals surface area contributed by atoms with Gasteiger partial charge in [0.15, 0.2) is 11.5 Å². The summed E-state index contributed by atoms with van der Waals surface area (Å²) in [7, 11) is 1.58. The minimum Gasteiger partial charge on any atom is -0.497 e. The molecule has 0 atom stereocenters. The molecule has 0 heterocycles. The summed E-state index contributed by atoms with van der Waals surface area (Å²) >= 11 is 3.47. The molecule has 0 radical (unpaired) electrons. The van der Waals surface area contributed by atoms with Crippen LogP contribution in [0.4, 0.5) is 5.69 Å². The predicted octanol–water partition coefficient (Wildman–Crippen LogP) is 5.57. The fraction of sp³-hybridized carbons (Fsp3) is 0.185. The zero-order chi connectivity index (χ0) is 26.8. The van der Waals surface area contributed by atoms with Crippen molar-refractivity contribution in [1.29, 1.82) is 5.26 Å². The molecular formula is C27H24BrN3O6. The van der Waals surface area contributed by atoms with E-state index in [0.717, 1.165) is 11.1 Å². The number of halogens is 1. The Morgan fingerprint density at radius 2 is 1.73 bits per heavy atom. The molecule has 1 N–H and O–H groups in total. The summed E-state index contributed by atoms with van der Waals surface area (Å²) in [6.45, 7) is 2.61. The molecule has 1 amide bonds. The van der Waals surface area contributed by atoms with Crippen molar-refractivity contribution in [3.05, 3.63) is 97.5 Å². The van der Waals surface area contributed by atoms with E-state index < -0.39 is 10.8 Å². The second kappa shape index (κ2) is 13.1. The van der Waals surface area contributed by atoms with Crippen LogP contribution in [0.5, 0.6) is 17.2 Å². The summed E-state index contributed by atoms with van der Waals surface area (Å²) in [5.41, 5.74) is 2.09. The highest BCUT2D eigenvalue weighted by Gasteiger charge is 2.14. The van der Waals surface area contributed by atoms with Crippen LogP contribution in [0, 0.1) is 21.4 Å². The molecular weight excluding hydrogens is 542 g/mol. The first-order valence-electron chi connectivity index (χ1n) is 11.2. The molecule has 0 fully saturated rings. The SMILES string of the molecule is CCOc1cc(/C=C(/C#N)C(=O)NCc2ccc(OC)cc2)c(Br)cc1OCc1ccc([N+](=O)[O-])cc1. The summed E-state index contributed by atoms with van der Waals surface area (Å²) in [5, 5.41) is 23.2. The molecule has 10 heteroatoms. The van der Waals surface area contributed by atoms with Gasteiger partial charge < -0.3 is 19.5 Å². The summed E-state index contributed by atoms with van der Waals surface area (Å²) in [4.78, 5) is 23.0. The number of benzene rings is 3. The fourth-order valence-electron chi connectivity index (χ4n) is 3.24. The third-order valence-corrected chi connectivity index (χ3v) is 5.87. The van der Waals surface area contributed by atoms with E-state index in [0.29, 0.717) is 33.9 Å². The number of methoxy groups -OCH3 is 1. The van der Waals surface area contributed by atoms with Gasteiger partial charge in [0.2, 0.25) is 0 Å². The van der Waals surface area contributed by atoms with Crippen molar-refractivity contribution < 1.29 is 23.9 Å². The molecule has 3 rings (SSSR count). The number of nitriles is 1. The van der Waals surface area contributed by atoms with Gasteiger partial charge >= 0.3 is 0 Å². The number of carbonyl (C=O) groups excluding carboxylic acids is 1. The maximum absolute atomic E-state index is 12.6. The molecule has 190 valence electrons. The molecule has 0 spiro atoms. The normalized spacial score (nSPS) is 10.8. The van der Waals surface area contributed by atoms with Crippen molar-refractivity contribution >= 4 is 33.6 Å². The lowest BCUT2D eigenvalue weighted by Gasteiger charge is -2.14. The first kappa shape index (κ1) is 27.2. The van der Waals surface area contributed by atoms with Crippen LogP contribution in [0.25, 0.3) is 6.08 Å². The summed E-state index contributed by atoms with van der Waals surface area (Å²) in [6.07, 6.45) is 1.47. The zero-order valence-corrected chi connectivity index (χ0v) is 21.8. The molecule has 0 saturated carbocycles. The molecule has 0 bridgehead atoms. The topological polar surface area (TPSA) is 124 Å². The van der Waals surface area contributed by atoms with E-state index in [1.54, 1.807) is 43.5 Å². The van der Waals surface area contributed by atoms with E-state index in [9.17, 15) is 20.2 Å². The number of nitro benzene ring substituents is 1. The van der Waals surface area contributed by atoms with Crippen LogP contribution < -0.4 is 19.5 Å². The number of hydrogen-bond acceptors (Lipinski definition) is 7. The molecule has 3 aromatic carbocycles. The molecule has 9 nitrogen and oxygen atoms in total.